The number of hydrogen-bond acceptors (Lipinski definition) is 2. The van der Waals surface area contributed by atoms with Gasteiger partial charge in [0.15, 0.2) is 11.6 Å². The maximum atomic E-state index is 13.1. The third-order valence-corrected chi connectivity index (χ3v) is 2.23. The van der Waals surface area contributed by atoms with Gasteiger partial charge in [-0.1, -0.05) is 24.6 Å². The fourth-order valence-electron chi connectivity index (χ4n) is 1.07. The van der Waals surface area contributed by atoms with E-state index in [0.717, 1.165) is 0 Å². The Kier molecular flexibility index (Phi) is 3.12. The Bertz CT molecular complexity index is 317. The van der Waals surface area contributed by atoms with Crippen LogP contribution in [0.1, 0.15) is 24.9 Å². The summed E-state index contributed by atoms with van der Waals surface area (Å²) in [6, 6.07) is 2.57. The lowest BCUT2D eigenvalue weighted by Gasteiger charge is -2.11. The van der Waals surface area contributed by atoms with E-state index in [1.54, 1.807) is 0 Å². The molecule has 0 aliphatic heterocycles. The summed E-state index contributed by atoms with van der Waals surface area (Å²) in [7, 11) is 0. The predicted molar refractivity (Wildman–Crippen MR) is 50.3 cm³/mol. The van der Waals surface area contributed by atoms with Crippen molar-refractivity contribution >= 4 is 11.6 Å². The molecule has 0 saturated carbocycles. The van der Waals surface area contributed by atoms with Crippen molar-refractivity contribution in [2.75, 3.05) is 0 Å². The van der Waals surface area contributed by atoms with Crippen LogP contribution in [0.2, 0.25) is 5.02 Å². The predicted octanol–water partition coefficient (Wildman–Crippen LogP) is 2.59. The Labute approximate surface area is 81.1 Å². The van der Waals surface area contributed by atoms with Crippen molar-refractivity contribution in [3.63, 3.8) is 0 Å². The van der Waals surface area contributed by atoms with Crippen LogP contribution in [0.15, 0.2) is 12.1 Å². The summed E-state index contributed by atoms with van der Waals surface area (Å²) in [5, 5.41) is 9.25. The number of benzene rings is 1. The van der Waals surface area contributed by atoms with Gasteiger partial charge in [-0.25, -0.2) is 4.39 Å². The first-order chi connectivity index (χ1) is 6.07. The summed E-state index contributed by atoms with van der Waals surface area (Å²) in [6.45, 7) is 1.86. The number of rotatable bonds is 2. The second-order valence-corrected chi connectivity index (χ2v) is 3.22. The lowest BCUT2D eigenvalue weighted by Crippen LogP contribution is -2.09. The molecule has 0 fully saturated rings. The van der Waals surface area contributed by atoms with Crippen molar-refractivity contribution in [2.45, 2.75) is 19.4 Å². The van der Waals surface area contributed by atoms with E-state index >= 15 is 0 Å². The molecule has 72 valence electrons. The van der Waals surface area contributed by atoms with Crippen molar-refractivity contribution < 1.29 is 9.50 Å². The number of phenolic OH excluding ortho intramolecular Hbond substituents is 1. The zero-order valence-corrected chi connectivity index (χ0v) is 7.98. The van der Waals surface area contributed by atoms with Gasteiger partial charge in [-0.05, 0) is 12.5 Å². The quantitative estimate of drug-likeness (QED) is 0.776. The number of halogens is 2. The SMILES string of the molecule is CC[C@H](N)c1ccc(Cl)c(F)c1O. The molecule has 1 aromatic rings. The largest absolute Gasteiger partial charge is 0.505 e. The maximum Gasteiger partial charge on any atom is 0.183 e. The molecular weight excluding hydrogens is 193 g/mol. The van der Waals surface area contributed by atoms with Crippen LogP contribution in [0, 0.1) is 5.82 Å². The Morgan fingerprint density at radius 2 is 2.23 bits per heavy atom. The van der Waals surface area contributed by atoms with Crippen molar-refractivity contribution in [1.29, 1.82) is 0 Å². The molecule has 0 radical (unpaired) electrons. The Balaban J connectivity index is 3.18. The highest BCUT2D eigenvalue weighted by molar-refractivity contribution is 6.30. The zero-order valence-electron chi connectivity index (χ0n) is 7.22. The summed E-state index contributed by atoms with van der Waals surface area (Å²) < 4.78 is 13.1. The molecule has 2 nitrogen and oxygen atoms in total. The van der Waals surface area contributed by atoms with E-state index in [1.165, 1.54) is 12.1 Å². The van der Waals surface area contributed by atoms with Gasteiger partial charge in [-0.3, -0.25) is 0 Å². The highest BCUT2D eigenvalue weighted by Gasteiger charge is 2.14. The van der Waals surface area contributed by atoms with Gasteiger partial charge in [0, 0.05) is 11.6 Å². The minimum Gasteiger partial charge on any atom is -0.505 e. The molecule has 3 N–H and O–H groups in total. The van der Waals surface area contributed by atoms with E-state index in [1.807, 2.05) is 6.92 Å². The number of phenols is 1. The first kappa shape index (κ1) is 10.3. The summed E-state index contributed by atoms with van der Waals surface area (Å²) >= 11 is 5.46. The first-order valence-electron chi connectivity index (χ1n) is 4.00. The van der Waals surface area contributed by atoms with Crippen LogP contribution in [0.25, 0.3) is 0 Å². The van der Waals surface area contributed by atoms with Crippen LogP contribution in [-0.4, -0.2) is 5.11 Å². The highest BCUT2D eigenvalue weighted by Crippen LogP contribution is 2.31. The van der Waals surface area contributed by atoms with Crippen LogP contribution in [0.3, 0.4) is 0 Å². The van der Waals surface area contributed by atoms with E-state index in [9.17, 15) is 9.50 Å². The molecule has 0 spiro atoms. The van der Waals surface area contributed by atoms with Crippen molar-refractivity contribution in [2.24, 2.45) is 5.73 Å². The van der Waals surface area contributed by atoms with Gasteiger partial charge in [-0.2, -0.15) is 0 Å². The van der Waals surface area contributed by atoms with E-state index in [4.69, 9.17) is 17.3 Å². The first-order valence-corrected chi connectivity index (χ1v) is 4.38. The van der Waals surface area contributed by atoms with E-state index in [0.29, 0.717) is 12.0 Å². The number of aromatic hydroxyl groups is 1. The third kappa shape index (κ3) is 1.92. The van der Waals surface area contributed by atoms with E-state index < -0.39 is 11.6 Å². The molecule has 4 heteroatoms. The summed E-state index contributed by atoms with van der Waals surface area (Å²) in [5.74, 6) is -1.25. The van der Waals surface area contributed by atoms with Crippen molar-refractivity contribution in [3.05, 3.63) is 28.5 Å². The second kappa shape index (κ2) is 3.94. The molecule has 1 rings (SSSR count). The Morgan fingerprint density at radius 1 is 1.62 bits per heavy atom. The van der Waals surface area contributed by atoms with Gasteiger partial charge >= 0.3 is 0 Å². The normalized spacial score (nSPS) is 12.9. The fourth-order valence-corrected chi connectivity index (χ4v) is 1.23. The van der Waals surface area contributed by atoms with Crippen LogP contribution >= 0.6 is 11.6 Å². The zero-order chi connectivity index (χ0) is 10.0. The Hall–Kier alpha value is -0.800. The molecule has 0 heterocycles. The van der Waals surface area contributed by atoms with Gasteiger partial charge in [0.05, 0.1) is 5.02 Å². The fraction of sp³-hybridized carbons (Fsp3) is 0.333. The van der Waals surface area contributed by atoms with Crippen LogP contribution in [0.4, 0.5) is 4.39 Å². The lowest BCUT2D eigenvalue weighted by molar-refractivity contribution is 0.420. The van der Waals surface area contributed by atoms with Gasteiger partial charge in [-0.15, -0.1) is 0 Å². The Morgan fingerprint density at radius 3 is 2.77 bits per heavy atom. The molecule has 0 unspecified atom stereocenters. The number of nitrogens with two attached hydrogens (primary N) is 1. The average molecular weight is 204 g/mol. The summed E-state index contributed by atoms with van der Waals surface area (Å²) in [6.07, 6.45) is 0.634. The van der Waals surface area contributed by atoms with Gasteiger partial charge < -0.3 is 10.8 Å². The third-order valence-electron chi connectivity index (χ3n) is 1.94. The molecule has 0 saturated heterocycles. The standard InChI is InChI=1S/C9H11ClFNO/c1-2-7(12)5-3-4-6(10)8(11)9(5)13/h3-4,7,13H,2,12H2,1H3/t7-/m0/s1. The second-order valence-electron chi connectivity index (χ2n) is 2.81. The van der Waals surface area contributed by atoms with E-state index in [-0.39, 0.29) is 11.1 Å². The molecule has 0 aliphatic rings. The summed E-state index contributed by atoms with van der Waals surface area (Å²) in [4.78, 5) is 0. The van der Waals surface area contributed by atoms with Crippen molar-refractivity contribution in [1.82, 2.24) is 0 Å². The molecular formula is C9H11ClFNO. The molecule has 0 aromatic heterocycles. The topological polar surface area (TPSA) is 46.2 Å². The van der Waals surface area contributed by atoms with Crippen LogP contribution in [-0.2, 0) is 0 Å². The van der Waals surface area contributed by atoms with Gasteiger partial charge in [0.2, 0.25) is 0 Å². The highest BCUT2D eigenvalue weighted by atomic mass is 35.5. The van der Waals surface area contributed by atoms with Crippen molar-refractivity contribution in [3.8, 4) is 5.75 Å². The monoisotopic (exact) mass is 203 g/mol. The molecule has 1 aromatic carbocycles. The molecule has 13 heavy (non-hydrogen) atoms. The minimum absolute atomic E-state index is 0.0930. The lowest BCUT2D eigenvalue weighted by atomic mass is 10.0. The minimum atomic E-state index is -0.803. The molecule has 0 amide bonds. The molecule has 0 bridgehead atoms. The van der Waals surface area contributed by atoms with Crippen LogP contribution in [0.5, 0.6) is 5.75 Å². The smallest absolute Gasteiger partial charge is 0.183 e. The van der Waals surface area contributed by atoms with Crippen LogP contribution < -0.4 is 5.73 Å². The van der Waals surface area contributed by atoms with Gasteiger partial charge in [0.1, 0.15) is 0 Å². The average Bonchev–Trinajstić information content (AvgIpc) is 2.13. The molecule has 0 aliphatic carbocycles. The van der Waals surface area contributed by atoms with E-state index in [2.05, 4.69) is 0 Å². The molecule has 1 atom stereocenters. The maximum absolute atomic E-state index is 13.1. The number of hydrogen-bond donors (Lipinski definition) is 2. The summed E-state index contributed by atoms with van der Waals surface area (Å²) in [5.41, 5.74) is 6.04. The van der Waals surface area contributed by atoms with Gasteiger partial charge in [0.25, 0.3) is 0 Å².